The van der Waals surface area contributed by atoms with Crippen molar-refractivity contribution < 1.29 is 86.1 Å². The van der Waals surface area contributed by atoms with Crippen LogP contribution in [-0.2, 0) is 71.4 Å². The number of aliphatic hydroxyl groups is 1. The number of hydrogen-bond donors (Lipinski definition) is 1. The molecule has 2 aliphatic heterocycles. The maximum absolute atomic E-state index is 14.6. The molecule has 1 spiro atoms. The molecule has 13 atom stereocenters. The summed E-state index contributed by atoms with van der Waals surface area (Å²) in [7, 11) is 0. The Morgan fingerprint density at radius 3 is 1.97 bits per heavy atom. The first-order chi connectivity index (χ1) is 29.0. The fraction of sp³-hybridized carbons (Fsp3) is 0.571. The molecule has 6 rings (SSSR count). The Labute approximate surface area is 355 Å². The van der Waals surface area contributed by atoms with E-state index in [1.54, 1.807) is 6.92 Å². The maximum atomic E-state index is 14.6. The highest BCUT2D eigenvalue weighted by Crippen LogP contribution is 2.70. The number of aromatic nitrogens is 2. The molecule has 4 heterocycles. The average molecular weight is 869 g/mol. The Balaban J connectivity index is 1.81. The van der Waals surface area contributed by atoms with Crippen molar-refractivity contribution in [3.63, 3.8) is 0 Å². The minimum absolute atomic E-state index is 0.0538. The first kappa shape index (κ1) is 45.5. The van der Waals surface area contributed by atoms with Crippen molar-refractivity contribution >= 4 is 47.8 Å². The standard InChI is InChI=1S/C42H48N2O18/c1-19-20(2)36(50)60-33-31(57-23(5)47)35(61-37(51)26-12-10-14-43-16-26)41(18-54-21(3)45)34(59-25(7)49)30(56-22(4)46)28-32(58-24(6)48)42(41,40(33,9)53)62-39(28,8)17-55-38(52)27-13-11-15-44-29(19)27/h10-16,19-20,28,30-35,53H,17-18H2,1-9H3/t19-,20+,28-,30-,31+,32-,33-,34+,35-,39+,40+,41+,42+/m1/s1. The van der Waals surface area contributed by atoms with E-state index in [2.05, 4.69) is 9.97 Å². The van der Waals surface area contributed by atoms with Gasteiger partial charge in [0.25, 0.3) is 0 Å². The van der Waals surface area contributed by atoms with E-state index in [0.717, 1.165) is 47.7 Å². The van der Waals surface area contributed by atoms with Gasteiger partial charge < -0.3 is 47.7 Å². The lowest BCUT2D eigenvalue weighted by atomic mass is 9.45. The minimum Gasteiger partial charge on any atom is -0.465 e. The van der Waals surface area contributed by atoms with E-state index in [1.807, 2.05) is 0 Å². The largest absolute Gasteiger partial charge is 0.465 e. The smallest absolute Gasteiger partial charge is 0.340 e. The number of carbonyl (C=O) groups excluding carboxylic acids is 8. The van der Waals surface area contributed by atoms with E-state index in [1.165, 1.54) is 50.5 Å². The highest BCUT2D eigenvalue weighted by molar-refractivity contribution is 5.91. The van der Waals surface area contributed by atoms with Crippen LogP contribution < -0.4 is 0 Å². The topological polar surface area (TPSA) is 266 Å². The molecule has 334 valence electrons. The Bertz CT molecular complexity index is 2160. The summed E-state index contributed by atoms with van der Waals surface area (Å²) in [5.41, 5.74) is -10.6. The molecule has 3 fully saturated rings. The summed E-state index contributed by atoms with van der Waals surface area (Å²) in [5, 5.41) is 13.6. The maximum Gasteiger partial charge on any atom is 0.340 e. The molecule has 2 saturated carbocycles. The molecule has 20 heteroatoms. The summed E-state index contributed by atoms with van der Waals surface area (Å²) >= 11 is 0. The van der Waals surface area contributed by atoms with Gasteiger partial charge in [-0.25, -0.2) is 9.59 Å². The predicted molar refractivity (Wildman–Crippen MR) is 203 cm³/mol. The highest BCUT2D eigenvalue weighted by Gasteiger charge is 2.92. The van der Waals surface area contributed by atoms with Gasteiger partial charge in [-0.3, -0.25) is 38.7 Å². The van der Waals surface area contributed by atoms with Crippen molar-refractivity contribution in [2.24, 2.45) is 17.3 Å². The van der Waals surface area contributed by atoms with Gasteiger partial charge in [0.1, 0.15) is 42.0 Å². The quantitative estimate of drug-likeness (QED) is 0.292. The lowest BCUT2D eigenvalue weighted by molar-refractivity contribution is -0.385. The molecule has 20 nitrogen and oxygen atoms in total. The van der Waals surface area contributed by atoms with Crippen molar-refractivity contribution in [3.8, 4) is 0 Å². The number of hydrogen-bond acceptors (Lipinski definition) is 20. The molecule has 0 unspecified atom stereocenters. The van der Waals surface area contributed by atoms with Crippen LogP contribution in [-0.4, -0.2) is 129 Å². The van der Waals surface area contributed by atoms with Crippen LogP contribution in [0.1, 0.15) is 94.6 Å². The lowest BCUT2D eigenvalue weighted by Gasteiger charge is -2.67. The summed E-state index contributed by atoms with van der Waals surface area (Å²) in [5.74, 6) is -12.0. The van der Waals surface area contributed by atoms with Gasteiger partial charge >= 0.3 is 47.8 Å². The minimum atomic E-state index is -2.87. The molecular formula is C42H48N2O18. The van der Waals surface area contributed by atoms with Gasteiger partial charge in [0, 0.05) is 59.1 Å². The van der Waals surface area contributed by atoms with Gasteiger partial charge in [0.05, 0.1) is 28.7 Å². The normalized spacial score (nSPS) is 36.0. The molecule has 1 N–H and O–H groups in total. The molecule has 4 aliphatic rings. The summed E-state index contributed by atoms with van der Waals surface area (Å²) in [6.07, 6.45) is -8.46. The van der Waals surface area contributed by atoms with Crippen LogP contribution >= 0.6 is 0 Å². The van der Waals surface area contributed by atoms with Crippen molar-refractivity contribution in [2.45, 2.75) is 122 Å². The van der Waals surface area contributed by atoms with Crippen LogP contribution in [0.4, 0.5) is 0 Å². The van der Waals surface area contributed by atoms with Crippen molar-refractivity contribution in [1.29, 1.82) is 0 Å². The molecule has 2 aromatic heterocycles. The fourth-order valence-corrected chi connectivity index (χ4v) is 9.74. The molecule has 4 bridgehead atoms. The molecule has 0 aromatic carbocycles. The zero-order valence-electron chi connectivity index (χ0n) is 35.4. The lowest BCUT2D eigenvalue weighted by Crippen LogP contribution is -2.89. The summed E-state index contributed by atoms with van der Waals surface area (Å²) in [4.78, 5) is 118. The molecule has 0 amide bonds. The third-order valence-electron chi connectivity index (χ3n) is 12.3. The third kappa shape index (κ3) is 7.41. The van der Waals surface area contributed by atoms with Gasteiger partial charge in [0.2, 0.25) is 0 Å². The van der Waals surface area contributed by atoms with Crippen LogP contribution in [0.2, 0.25) is 0 Å². The number of rotatable bonds is 8. The summed E-state index contributed by atoms with van der Waals surface area (Å²) in [6.45, 7) is 8.60. The molecule has 2 aliphatic carbocycles. The van der Waals surface area contributed by atoms with E-state index < -0.39 is 138 Å². The monoisotopic (exact) mass is 868 g/mol. The molecule has 1 saturated heterocycles. The van der Waals surface area contributed by atoms with Crippen LogP contribution in [0.3, 0.4) is 0 Å². The first-order valence-corrected chi connectivity index (χ1v) is 19.7. The van der Waals surface area contributed by atoms with Crippen LogP contribution in [0.5, 0.6) is 0 Å². The first-order valence-electron chi connectivity index (χ1n) is 19.7. The molecule has 2 aromatic rings. The number of carbonyl (C=O) groups is 8. The van der Waals surface area contributed by atoms with Gasteiger partial charge in [-0.2, -0.15) is 0 Å². The Morgan fingerprint density at radius 2 is 1.37 bits per heavy atom. The predicted octanol–water partition coefficient (Wildman–Crippen LogP) is 1.72. The second-order valence-electron chi connectivity index (χ2n) is 16.4. The zero-order valence-corrected chi connectivity index (χ0v) is 35.4. The van der Waals surface area contributed by atoms with Crippen LogP contribution in [0.25, 0.3) is 0 Å². The second kappa shape index (κ2) is 16.7. The molecule has 0 radical (unpaired) electrons. The fourth-order valence-electron chi connectivity index (χ4n) is 9.74. The number of esters is 8. The molecule has 62 heavy (non-hydrogen) atoms. The SMILES string of the molecule is CC(=O)OC[C@]12[C@H](OC(=O)c3cccnc3)[C@@H](OC(C)=O)[C@H]3OC(=O)[C@@H](C)[C@@H](C)c4ncccc4C(=O)OC[C@]4(C)O[C@@]1([C@H](OC(C)=O)[C@H]4[C@@H](OC(C)=O)[C@@H]2OC(C)=O)[C@@]3(C)O. The third-order valence-corrected chi connectivity index (χ3v) is 12.3. The van der Waals surface area contributed by atoms with Gasteiger partial charge in [0.15, 0.2) is 30.0 Å². The highest BCUT2D eigenvalue weighted by atomic mass is 16.7. The van der Waals surface area contributed by atoms with Crippen molar-refractivity contribution in [2.75, 3.05) is 13.2 Å². The van der Waals surface area contributed by atoms with E-state index in [0.29, 0.717) is 0 Å². The van der Waals surface area contributed by atoms with E-state index in [-0.39, 0.29) is 16.8 Å². The van der Waals surface area contributed by atoms with E-state index in [9.17, 15) is 43.5 Å². The number of fused-ring (bicyclic) bond motifs is 5. The van der Waals surface area contributed by atoms with Crippen LogP contribution in [0, 0.1) is 17.3 Å². The van der Waals surface area contributed by atoms with Gasteiger partial charge in [-0.05, 0) is 38.1 Å². The Kier molecular flexibility index (Phi) is 12.2. The number of pyridine rings is 2. The van der Waals surface area contributed by atoms with Gasteiger partial charge in [-0.1, -0.05) is 13.8 Å². The van der Waals surface area contributed by atoms with Crippen molar-refractivity contribution in [1.82, 2.24) is 9.97 Å². The zero-order chi connectivity index (χ0) is 45.7. The number of cyclic esters (lactones) is 1. The van der Waals surface area contributed by atoms with Crippen molar-refractivity contribution in [3.05, 3.63) is 59.7 Å². The summed E-state index contributed by atoms with van der Waals surface area (Å²) < 4.78 is 55.3. The Morgan fingerprint density at radius 1 is 0.774 bits per heavy atom. The van der Waals surface area contributed by atoms with E-state index in [4.69, 9.17) is 42.6 Å². The average Bonchev–Trinajstić information content (AvgIpc) is 3.42. The van der Waals surface area contributed by atoms with Crippen LogP contribution in [0.15, 0.2) is 42.9 Å². The molecular weight excluding hydrogens is 820 g/mol. The second-order valence-corrected chi connectivity index (χ2v) is 16.4. The van der Waals surface area contributed by atoms with E-state index >= 15 is 0 Å². The Hall–Kier alpha value is -6.02. The number of ether oxygens (including phenoxy) is 9. The van der Waals surface area contributed by atoms with Gasteiger partial charge in [-0.15, -0.1) is 0 Å². The summed E-state index contributed by atoms with van der Waals surface area (Å²) in [6, 6.07) is 5.61. The number of nitrogens with zero attached hydrogens (tertiary/aromatic N) is 2.